The fraction of sp³-hybridized carbons (Fsp3) is 0.150. The van der Waals surface area contributed by atoms with Crippen molar-refractivity contribution in [3.8, 4) is 0 Å². The van der Waals surface area contributed by atoms with Crippen LogP contribution in [0, 0.1) is 6.92 Å². The first kappa shape index (κ1) is 16.8. The minimum atomic E-state index is -3.75. The van der Waals surface area contributed by atoms with Crippen molar-refractivity contribution in [2.24, 2.45) is 5.10 Å². The normalized spacial score (nSPS) is 17.8. The predicted molar refractivity (Wildman–Crippen MR) is 102 cm³/mol. The molecule has 0 bridgehead atoms. The van der Waals surface area contributed by atoms with Gasteiger partial charge in [0.05, 0.1) is 4.90 Å². The number of hydrazone groups is 1. The highest BCUT2D eigenvalue weighted by Crippen LogP contribution is 2.38. The Morgan fingerprint density at radius 1 is 1.00 bits per heavy atom. The van der Waals surface area contributed by atoms with Gasteiger partial charge in [0.15, 0.2) is 0 Å². The van der Waals surface area contributed by atoms with Crippen LogP contribution in [0.25, 0.3) is 10.8 Å². The van der Waals surface area contributed by atoms with Gasteiger partial charge in [-0.05, 0) is 35.4 Å². The molecule has 0 heterocycles. The molecule has 1 atom stereocenters. The molecular weight excluding hydrogens is 348 g/mol. The van der Waals surface area contributed by atoms with Gasteiger partial charge in [0.1, 0.15) is 11.8 Å². The van der Waals surface area contributed by atoms with E-state index in [0.717, 1.165) is 27.5 Å². The highest BCUT2D eigenvalue weighted by Gasteiger charge is 2.31. The minimum absolute atomic E-state index is 0.176. The Labute approximate surface area is 152 Å². The van der Waals surface area contributed by atoms with Crippen molar-refractivity contribution in [3.05, 3.63) is 77.4 Å². The molecule has 0 spiro atoms. The quantitative estimate of drug-likeness (QED) is 0.718. The van der Waals surface area contributed by atoms with Gasteiger partial charge in [-0.15, -0.1) is 0 Å². The third-order valence-corrected chi connectivity index (χ3v) is 5.82. The number of nitrogens with one attached hydrogen (secondary N) is 1. The summed E-state index contributed by atoms with van der Waals surface area (Å²) in [5, 5.41) is 6.37. The molecule has 1 N–H and O–H groups in total. The van der Waals surface area contributed by atoms with Crippen LogP contribution in [-0.2, 0) is 14.8 Å². The van der Waals surface area contributed by atoms with Gasteiger partial charge in [-0.2, -0.15) is 18.4 Å². The zero-order chi connectivity index (χ0) is 18.3. The lowest BCUT2D eigenvalue weighted by Crippen LogP contribution is -2.22. The Bertz CT molecular complexity index is 1110. The Morgan fingerprint density at radius 3 is 2.38 bits per heavy atom. The van der Waals surface area contributed by atoms with Crippen LogP contribution in [0.1, 0.15) is 22.8 Å². The van der Waals surface area contributed by atoms with E-state index in [0.29, 0.717) is 5.71 Å². The molecule has 0 saturated heterocycles. The van der Waals surface area contributed by atoms with Crippen LogP contribution in [0.4, 0.5) is 0 Å². The predicted octanol–water partition coefficient (Wildman–Crippen LogP) is 3.53. The SMILES string of the molecule is COC1/C(=N/NS(=O)(=O)c2ccc(C)cc2)c2cccc3cccc1c23. The third kappa shape index (κ3) is 2.67. The molecule has 0 aliphatic heterocycles. The molecule has 0 saturated carbocycles. The average molecular weight is 366 g/mol. The molecule has 3 aromatic carbocycles. The highest BCUT2D eigenvalue weighted by molar-refractivity contribution is 7.89. The molecule has 5 nitrogen and oxygen atoms in total. The van der Waals surface area contributed by atoms with Crippen molar-refractivity contribution in [2.75, 3.05) is 7.11 Å². The van der Waals surface area contributed by atoms with Crippen LogP contribution < -0.4 is 4.83 Å². The molecule has 0 aromatic heterocycles. The number of methoxy groups -OCH3 is 1. The van der Waals surface area contributed by atoms with Crippen LogP contribution in [-0.4, -0.2) is 21.2 Å². The average Bonchev–Trinajstić information content (AvgIpc) is 2.95. The Kier molecular flexibility index (Phi) is 4.01. The summed E-state index contributed by atoms with van der Waals surface area (Å²) in [4.78, 5) is 2.54. The van der Waals surface area contributed by atoms with Crippen molar-refractivity contribution in [3.63, 3.8) is 0 Å². The summed E-state index contributed by atoms with van der Waals surface area (Å²) in [5.74, 6) is 0. The standard InChI is InChI=1S/C20H18N2O3S/c1-13-9-11-15(12-10-13)26(23,24)22-21-19-16-7-3-5-14-6-4-8-17(18(14)16)20(19)25-2/h3-12,20,22H,1-2H3/b21-19+. The third-order valence-electron chi connectivity index (χ3n) is 4.60. The van der Waals surface area contributed by atoms with Gasteiger partial charge in [0, 0.05) is 12.7 Å². The second-order valence-corrected chi connectivity index (χ2v) is 7.93. The molecule has 26 heavy (non-hydrogen) atoms. The Balaban J connectivity index is 1.76. The summed E-state index contributed by atoms with van der Waals surface area (Å²) in [5.41, 5.74) is 3.44. The van der Waals surface area contributed by atoms with Gasteiger partial charge in [-0.3, -0.25) is 0 Å². The first-order valence-electron chi connectivity index (χ1n) is 8.22. The largest absolute Gasteiger partial charge is 0.370 e. The minimum Gasteiger partial charge on any atom is -0.370 e. The van der Waals surface area contributed by atoms with Gasteiger partial charge in [-0.25, -0.2) is 0 Å². The summed E-state index contributed by atoms with van der Waals surface area (Å²) >= 11 is 0. The number of hydrogen-bond donors (Lipinski definition) is 1. The maximum Gasteiger partial charge on any atom is 0.276 e. The number of hydrogen-bond acceptors (Lipinski definition) is 4. The van der Waals surface area contributed by atoms with E-state index < -0.39 is 16.1 Å². The van der Waals surface area contributed by atoms with Crippen molar-refractivity contribution >= 4 is 26.5 Å². The lowest BCUT2D eigenvalue weighted by Gasteiger charge is -2.12. The van der Waals surface area contributed by atoms with E-state index in [2.05, 4.69) is 9.93 Å². The van der Waals surface area contributed by atoms with Crippen molar-refractivity contribution in [1.82, 2.24) is 4.83 Å². The van der Waals surface area contributed by atoms with E-state index in [1.54, 1.807) is 31.4 Å². The monoisotopic (exact) mass is 366 g/mol. The molecule has 1 aliphatic carbocycles. The molecule has 1 unspecified atom stereocenters. The van der Waals surface area contributed by atoms with E-state index in [9.17, 15) is 8.42 Å². The molecule has 1 aliphatic rings. The lowest BCUT2D eigenvalue weighted by molar-refractivity contribution is 0.161. The topological polar surface area (TPSA) is 67.8 Å². The Morgan fingerprint density at radius 2 is 1.69 bits per heavy atom. The highest BCUT2D eigenvalue weighted by atomic mass is 32.2. The lowest BCUT2D eigenvalue weighted by atomic mass is 10.1. The second kappa shape index (κ2) is 6.23. The smallest absolute Gasteiger partial charge is 0.276 e. The van der Waals surface area contributed by atoms with Gasteiger partial charge in [-0.1, -0.05) is 54.1 Å². The maximum atomic E-state index is 12.6. The zero-order valence-corrected chi connectivity index (χ0v) is 15.2. The van der Waals surface area contributed by atoms with Gasteiger partial charge in [0.25, 0.3) is 10.0 Å². The van der Waals surface area contributed by atoms with Crippen molar-refractivity contribution in [1.29, 1.82) is 0 Å². The Hall–Kier alpha value is -2.70. The number of rotatable bonds is 4. The fourth-order valence-electron chi connectivity index (χ4n) is 3.33. The summed E-state index contributed by atoms with van der Waals surface area (Å²) in [7, 11) is -2.15. The summed E-state index contributed by atoms with van der Waals surface area (Å²) < 4.78 is 30.7. The van der Waals surface area contributed by atoms with Gasteiger partial charge >= 0.3 is 0 Å². The molecular formula is C20H18N2O3S. The van der Waals surface area contributed by atoms with E-state index in [4.69, 9.17) is 4.74 Å². The fourth-order valence-corrected chi connectivity index (χ4v) is 4.15. The summed E-state index contributed by atoms with van der Waals surface area (Å²) in [6.07, 6.45) is -0.406. The number of nitrogens with zero attached hydrogens (tertiary/aromatic N) is 1. The number of sulfonamides is 1. The molecule has 6 heteroatoms. The van der Waals surface area contributed by atoms with Gasteiger partial charge < -0.3 is 4.74 Å². The molecule has 132 valence electrons. The van der Waals surface area contributed by atoms with Crippen LogP contribution >= 0.6 is 0 Å². The van der Waals surface area contributed by atoms with Gasteiger partial charge in [0.2, 0.25) is 0 Å². The second-order valence-electron chi connectivity index (χ2n) is 6.27. The van der Waals surface area contributed by atoms with Crippen LogP contribution in [0.5, 0.6) is 0 Å². The van der Waals surface area contributed by atoms with E-state index in [1.807, 2.05) is 43.3 Å². The molecule has 0 fully saturated rings. The van der Waals surface area contributed by atoms with E-state index in [-0.39, 0.29) is 4.90 Å². The van der Waals surface area contributed by atoms with Crippen LogP contribution in [0.3, 0.4) is 0 Å². The molecule has 0 amide bonds. The molecule has 0 radical (unpaired) electrons. The van der Waals surface area contributed by atoms with Crippen molar-refractivity contribution in [2.45, 2.75) is 17.9 Å². The molecule has 4 rings (SSSR count). The van der Waals surface area contributed by atoms with E-state index >= 15 is 0 Å². The number of benzene rings is 3. The summed E-state index contributed by atoms with van der Waals surface area (Å²) in [6, 6.07) is 18.5. The number of ether oxygens (including phenoxy) is 1. The first-order chi connectivity index (χ1) is 12.5. The van der Waals surface area contributed by atoms with Crippen LogP contribution in [0.15, 0.2) is 70.7 Å². The molecule has 3 aromatic rings. The first-order valence-corrected chi connectivity index (χ1v) is 9.70. The zero-order valence-electron chi connectivity index (χ0n) is 14.4. The summed E-state index contributed by atoms with van der Waals surface area (Å²) in [6.45, 7) is 1.91. The van der Waals surface area contributed by atoms with E-state index in [1.165, 1.54) is 0 Å². The maximum absolute atomic E-state index is 12.6. The number of aryl methyl sites for hydroxylation is 1. The van der Waals surface area contributed by atoms with Crippen molar-refractivity contribution < 1.29 is 13.2 Å². The van der Waals surface area contributed by atoms with Crippen LogP contribution in [0.2, 0.25) is 0 Å².